The Bertz CT molecular complexity index is 836. The number of hydrogen-bond donors (Lipinski definition) is 0. The van der Waals surface area contributed by atoms with Crippen molar-refractivity contribution in [3.8, 4) is 0 Å². The Balaban J connectivity index is 1.87. The van der Waals surface area contributed by atoms with Crippen LogP contribution in [0.3, 0.4) is 0 Å². The van der Waals surface area contributed by atoms with Crippen molar-refractivity contribution in [1.29, 1.82) is 0 Å². The van der Waals surface area contributed by atoms with Crippen LogP contribution < -0.4 is 0 Å². The van der Waals surface area contributed by atoms with Crippen molar-refractivity contribution in [2.24, 2.45) is 0 Å². The van der Waals surface area contributed by atoms with Crippen LogP contribution in [-0.2, 0) is 0 Å². The lowest BCUT2D eigenvalue weighted by Crippen LogP contribution is -2.29. The highest BCUT2D eigenvalue weighted by atomic mass is 19.1. The summed E-state index contributed by atoms with van der Waals surface area (Å²) in [4.78, 5) is 14.1. The summed E-state index contributed by atoms with van der Waals surface area (Å²) in [6.07, 6.45) is 0. The quantitative estimate of drug-likeness (QED) is 0.701. The second-order valence-electron chi connectivity index (χ2n) is 5.74. The van der Waals surface area contributed by atoms with Crippen molar-refractivity contribution in [3.63, 3.8) is 0 Å². The van der Waals surface area contributed by atoms with Gasteiger partial charge in [0.05, 0.1) is 6.04 Å². The first-order valence-electron chi connectivity index (χ1n) is 7.49. The Kier molecular flexibility index (Phi) is 3.90. The minimum absolute atomic E-state index is 0.239. The molecule has 0 aliphatic carbocycles. The number of halogens is 1. The third kappa shape index (κ3) is 2.84. The molecule has 0 saturated heterocycles. The van der Waals surface area contributed by atoms with Crippen LogP contribution in [0.1, 0.15) is 34.6 Å². The molecule has 4 heteroatoms. The van der Waals surface area contributed by atoms with Gasteiger partial charge in [0, 0.05) is 18.0 Å². The number of fused-ring (bicyclic) bond motifs is 1. The van der Waals surface area contributed by atoms with Crippen LogP contribution in [0, 0.1) is 12.7 Å². The van der Waals surface area contributed by atoms with Crippen LogP contribution in [0.25, 0.3) is 11.0 Å². The Labute approximate surface area is 134 Å². The maximum absolute atomic E-state index is 13.7. The molecule has 1 aromatic heterocycles. The smallest absolute Gasteiger partial charge is 0.254 e. The number of carbonyl (C=O) groups excluding carboxylic acids is 1. The number of hydrogen-bond acceptors (Lipinski definition) is 2. The van der Waals surface area contributed by atoms with Gasteiger partial charge in [-0.05, 0) is 43.7 Å². The maximum atomic E-state index is 13.7. The van der Waals surface area contributed by atoms with Gasteiger partial charge in [0.1, 0.15) is 17.2 Å². The minimum Gasteiger partial charge on any atom is -0.459 e. The van der Waals surface area contributed by atoms with Crippen molar-refractivity contribution in [2.45, 2.75) is 19.9 Å². The molecular weight excluding hydrogens is 293 g/mol. The Morgan fingerprint density at radius 2 is 1.91 bits per heavy atom. The fourth-order valence-electron chi connectivity index (χ4n) is 2.50. The molecule has 2 aromatic carbocycles. The molecule has 0 N–H and O–H groups in total. The zero-order valence-corrected chi connectivity index (χ0v) is 13.3. The molecule has 3 rings (SSSR count). The SMILES string of the molecule is Cc1ccc(C(=O)N(C)C(C)c2cc3ccccc3o2)cc1F. The number of para-hydroxylation sites is 1. The molecule has 0 saturated carbocycles. The fourth-order valence-corrected chi connectivity index (χ4v) is 2.50. The number of amides is 1. The van der Waals surface area contributed by atoms with Crippen molar-refractivity contribution in [2.75, 3.05) is 7.05 Å². The van der Waals surface area contributed by atoms with E-state index in [1.54, 1.807) is 31.0 Å². The average molecular weight is 311 g/mol. The van der Waals surface area contributed by atoms with Crippen LogP contribution in [0.2, 0.25) is 0 Å². The Morgan fingerprint density at radius 1 is 1.17 bits per heavy atom. The molecule has 0 bridgehead atoms. The van der Waals surface area contributed by atoms with Gasteiger partial charge >= 0.3 is 0 Å². The van der Waals surface area contributed by atoms with Gasteiger partial charge in [-0.1, -0.05) is 24.3 Å². The van der Waals surface area contributed by atoms with Crippen LogP contribution in [0.4, 0.5) is 4.39 Å². The Hall–Kier alpha value is -2.62. The van der Waals surface area contributed by atoms with E-state index in [1.807, 2.05) is 37.3 Å². The average Bonchev–Trinajstić information content (AvgIpc) is 2.99. The lowest BCUT2D eigenvalue weighted by atomic mass is 10.1. The van der Waals surface area contributed by atoms with E-state index in [0.717, 1.165) is 11.0 Å². The number of benzene rings is 2. The molecule has 0 aliphatic heterocycles. The van der Waals surface area contributed by atoms with Gasteiger partial charge in [0.25, 0.3) is 5.91 Å². The molecule has 0 radical (unpaired) electrons. The molecule has 1 heterocycles. The molecule has 0 spiro atoms. The van der Waals surface area contributed by atoms with E-state index < -0.39 is 0 Å². The predicted molar refractivity (Wildman–Crippen MR) is 87.9 cm³/mol. The largest absolute Gasteiger partial charge is 0.459 e. The van der Waals surface area contributed by atoms with Gasteiger partial charge in [0.2, 0.25) is 0 Å². The number of carbonyl (C=O) groups is 1. The number of aryl methyl sites for hydroxylation is 1. The maximum Gasteiger partial charge on any atom is 0.254 e. The summed E-state index contributed by atoms with van der Waals surface area (Å²) in [5.41, 5.74) is 1.64. The van der Waals surface area contributed by atoms with Crippen LogP contribution in [-0.4, -0.2) is 17.9 Å². The third-order valence-electron chi connectivity index (χ3n) is 4.18. The van der Waals surface area contributed by atoms with Crippen molar-refractivity contribution in [3.05, 3.63) is 71.2 Å². The van der Waals surface area contributed by atoms with Crippen LogP contribution in [0.5, 0.6) is 0 Å². The summed E-state index contributed by atoms with van der Waals surface area (Å²) < 4.78 is 19.5. The molecule has 118 valence electrons. The van der Waals surface area contributed by atoms with E-state index in [9.17, 15) is 9.18 Å². The van der Waals surface area contributed by atoms with Gasteiger partial charge in [-0.3, -0.25) is 4.79 Å². The van der Waals surface area contributed by atoms with Gasteiger partial charge in [-0.15, -0.1) is 0 Å². The number of furan rings is 1. The second-order valence-corrected chi connectivity index (χ2v) is 5.74. The summed E-state index contributed by atoms with van der Waals surface area (Å²) in [7, 11) is 1.69. The van der Waals surface area contributed by atoms with E-state index in [2.05, 4.69) is 0 Å². The summed E-state index contributed by atoms with van der Waals surface area (Å²) in [6, 6.07) is 13.9. The molecule has 23 heavy (non-hydrogen) atoms. The lowest BCUT2D eigenvalue weighted by molar-refractivity contribution is 0.0727. The molecule has 0 aliphatic rings. The monoisotopic (exact) mass is 311 g/mol. The van der Waals surface area contributed by atoms with Gasteiger partial charge in [-0.25, -0.2) is 4.39 Å². The summed E-state index contributed by atoms with van der Waals surface area (Å²) >= 11 is 0. The molecule has 1 unspecified atom stereocenters. The molecule has 1 amide bonds. The first-order chi connectivity index (χ1) is 11.0. The van der Waals surface area contributed by atoms with Gasteiger partial charge < -0.3 is 9.32 Å². The Morgan fingerprint density at radius 3 is 2.61 bits per heavy atom. The predicted octanol–water partition coefficient (Wildman–Crippen LogP) is 4.71. The van der Waals surface area contributed by atoms with Crippen LogP contribution >= 0.6 is 0 Å². The first-order valence-corrected chi connectivity index (χ1v) is 7.49. The van der Waals surface area contributed by atoms with E-state index in [4.69, 9.17) is 4.42 Å². The van der Waals surface area contributed by atoms with Crippen molar-refractivity contribution < 1.29 is 13.6 Å². The summed E-state index contributed by atoms with van der Waals surface area (Å²) in [5, 5.41) is 0.997. The molecule has 1 atom stereocenters. The highest BCUT2D eigenvalue weighted by molar-refractivity contribution is 5.94. The van der Waals surface area contributed by atoms with E-state index >= 15 is 0 Å². The van der Waals surface area contributed by atoms with E-state index in [1.165, 1.54) is 6.07 Å². The highest BCUT2D eigenvalue weighted by Gasteiger charge is 2.22. The topological polar surface area (TPSA) is 33.5 Å². The second kappa shape index (κ2) is 5.88. The van der Waals surface area contributed by atoms with E-state index in [0.29, 0.717) is 16.9 Å². The molecule has 3 aromatic rings. The normalized spacial score (nSPS) is 12.3. The zero-order valence-electron chi connectivity index (χ0n) is 13.3. The standard InChI is InChI=1S/C19H18FNO2/c1-12-8-9-15(10-16(12)20)19(22)21(3)13(2)18-11-14-6-4-5-7-17(14)23-18/h4-11,13H,1-3H3. The van der Waals surface area contributed by atoms with Gasteiger partial charge in [-0.2, -0.15) is 0 Å². The fraction of sp³-hybridized carbons (Fsp3) is 0.211. The van der Waals surface area contributed by atoms with Crippen LogP contribution in [0.15, 0.2) is 52.9 Å². The van der Waals surface area contributed by atoms with Crippen molar-refractivity contribution >= 4 is 16.9 Å². The number of rotatable bonds is 3. The molecular formula is C19H18FNO2. The highest BCUT2D eigenvalue weighted by Crippen LogP contribution is 2.27. The van der Waals surface area contributed by atoms with E-state index in [-0.39, 0.29) is 17.8 Å². The summed E-state index contributed by atoms with van der Waals surface area (Å²) in [5.74, 6) is 0.0899. The lowest BCUT2D eigenvalue weighted by Gasteiger charge is -2.23. The van der Waals surface area contributed by atoms with Crippen molar-refractivity contribution in [1.82, 2.24) is 4.90 Å². The zero-order chi connectivity index (χ0) is 16.6. The third-order valence-corrected chi connectivity index (χ3v) is 4.18. The molecule has 0 fully saturated rings. The molecule has 3 nitrogen and oxygen atoms in total. The first kappa shape index (κ1) is 15.3. The summed E-state index contributed by atoms with van der Waals surface area (Å²) in [6.45, 7) is 3.56. The number of nitrogens with zero attached hydrogens (tertiary/aromatic N) is 1. The van der Waals surface area contributed by atoms with Gasteiger partial charge in [0.15, 0.2) is 0 Å². The minimum atomic E-state index is -0.374.